The molecule has 128 valence electrons. The van der Waals surface area contributed by atoms with Gasteiger partial charge in [-0.15, -0.1) is 0 Å². The monoisotopic (exact) mass is 346 g/mol. The van der Waals surface area contributed by atoms with Crippen molar-refractivity contribution < 1.29 is 4.79 Å². The van der Waals surface area contributed by atoms with Crippen LogP contribution in [0.5, 0.6) is 0 Å². The van der Waals surface area contributed by atoms with Gasteiger partial charge in [0.15, 0.2) is 11.0 Å². The number of fused-ring (bicyclic) bond motifs is 1. The Morgan fingerprint density at radius 1 is 1.42 bits per heavy atom. The molecule has 4 heterocycles. The number of carbonyl (C=O) groups is 1. The number of rotatable bonds is 3. The van der Waals surface area contributed by atoms with Gasteiger partial charge in [-0.05, 0) is 31.6 Å². The minimum absolute atomic E-state index is 0.200. The first-order valence-corrected chi connectivity index (χ1v) is 9.43. The molecular weight excluding hydrogens is 324 g/mol. The molecule has 1 atom stereocenters. The second kappa shape index (κ2) is 6.58. The number of aromatic nitrogens is 3. The van der Waals surface area contributed by atoms with Gasteiger partial charge in [-0.3, -0.25) is 14.9 Å². The molecule has 3 aliphatic heterocycles. The van der Waals surface area contributed by atoms with Crippen molar-refractivity contribution in [1.29, 1.82) is 0 Å². The largest absolute Gasteiger partial charge is 0.342 e. The minimum atomic E-state index is 0.200. The highest BCUT2D eigenvalue weighted by molar-refractivity contribution is 8.16. The number of carbonyl (C=O) groups excluding carboxylic acids is 1. The maximum Gasteiger partial charge on any atom is 0.228 e. The molecule has 0 aliphatic carbocycles. The molecule has 3 aliphatic rings. The van der Waals surface area contributed by atoms with Crippen molar-refractivity contribution in [1.82, 2.24) is 25.0 Å². The molecule has 1 saturated heterocycles. The quantitative estimate of drug-likeness (QED) is 0.904. The third-order valence-corrected chi connectivity index (χ3v) is 5.70. The van der Waals surface area contributed by atoms with Crippen molar-refractivity contribution in [2.75, 3.05) is 26.2 Å². The number of hydrogen-bond acceptors (Lipinski definition) is 6. The fourth-order valence-electron chi connectivity index (χ4n) is 3.50. The fourth-order valence-corrected chi connectivity index (χ4v) is 4.45. The highest BCUT2D eigenvalue weighted by Crippen LogP contribution is 2.32. The second-order valence-corrected chi connectivity index (χ2v) is 7.37. The Morgan fingerprint density at radius 2 is 2.33 bits per heavy atom. The van der Waals surface area contributed by atoms with Gasteiger partial charge < -0.3 is 9.80 Å². The summed E-state index contributed by atoms with van der Waals surface area (Å²) in [6.07, 6.45) is 3.58. The molecule has 1 N–H and O–H groups in total. The maximum absolute atomic E-state index is 12.8. The molecular formula is C16H22N6OS. The van der Waals surface area contributed by atoms with Gasteiger partial charge in [-0.1, -0.05) is 11.8 Å². The van der Waals surface area contributed by atoms with E-state index in [1.54, 1.807) is 11.8 Å². The van der Waals surface area contributed by atoms with E-state index in [0.29, 0.717) is 6.42 Å². The van der Waals surface area contributed by atoms with Crippen LogP contribution in [0, 0.1) is 6.92 Å². The number of H-pyrrole nitrogens is 1. The fraction of sp³-hybridized carbons (Fsp3) is 0.625. The first-order valence-electron chi connectivity index (χ1n) is 8.55. The van der Waals surface area contributed by atoms with Crippen LogP contribution in [0.25, 0.3) is 0 Å². The van der Waals surface area contributed by atoms with Crippen LogP contribution >= 0.6 is 11.8 Å². The Balaban J connectivity index is 1.39. The maximum atomic E-state index is 12.8. The summed E-state index contributed by atoms with van der Waals surface area (Å²) in [5, 5.41) is 10.3. The molecule has 1 aromatic rings. The summed E-state index contributed by atoms with van der Waals surface area (Å²) in [6, 6.07) is 0. The van der Waals surface area contributed by atoms with Crippen molar-refractivity contribution in [3.8, 4) is 0 Å². The normalized spacial score (nSPS) is 23.8. The molecule has 1 fully saturated rings. The summed E-state index contributed by atoms with van der Waals surface area (Å²) >= 11 is 1.64. The van der Waals surface area contributed by atoms with Gasteiger partial charge in [0, 0.05) is 37.8 Å². The predicted molar refractivity (Wildman–Crippen MR) is 93.6 cm³/mol. The standard InChI is InChI=1S/C16H22N6OS/c1-11-18-15(20-19-11)12-4-2-6-21(9-12)14(23)8-13-10-24-16-17-5-3-7-22(13)16/h10,12H,2-9H2,1H3,(H,18,19,20)/t12-/m0/s1. The van der Waals surface area contributed by atoms with E-state index in [4.69, 9.17) is 0 Å². The van der Waals surface area contributed by atoms with Crippen molar-refractivity contribution in [3.05, 3.63) is 22.8 Å². The van der Waals surface area contributed by atoms with Crippen LogP contribution in [-0.4, -0.2) is 62.2 Å². The van der Waals surface area contributed by atoms with Crippen LogP contribution < -0.4 is 0 Å². The molecule has 4 rings (SSSR count). The topological polar surface area (TPSA) is 77.5 Å². The van der Waals surface area contributed by atoms with Crippen molar-refractivity contribution in [3.63, 3.8) is 0 Å². The lowest BCUT2D eigenvalue weighted by Crippen LogP contribution is -2.40. The molecule has 1 aromatic heterocycles. The number of aromatic amines is 1. The number of amidine groups is 1. The second-order valence-electron chi connectivity index (χ2n) is 6.53. The molecule has 24 heavy (non-hydrogen) atoms. The summed E-state index contributed by atoms with van der Waals surface area (Å²) in [4.78, 5) is 25.9. The number of likely N-dealkylation sites (tertiary alicyclic amines) is 1. The molecule has 0 aromatic carbocycles. The highest BCUT2D eigenvalue weighted by Gasteiger charge is 2.30. The molecule has 1 amide bonds. The summed E-state index contributed by atoms with van der Waals surface area (Å²) < 4.78 is 0. The van der Waals surface area contributed by atoms with E-state index >= 15 is 0 Å². The number of aryl methyl sites for hydroxylation is 1. The van der Waals surface area contributed by atoms with Gasteiger partial charge in [-0.25, -0.2) is 4.98 Å². The van der Waals surface area contributed by atoms with Crippen LogP contribution in [-0.2, 0) is 4.79 Å². The zero-order valence-electron chi connectivity index (χ0n) is 13.9. The summed E-state index contributed by atoms with van der Waals surface area (Å²) in [7, 11) is 0. The molecule has 7 nitrogen and oxygen atoms in total. The van der Waals surface area contributed by atoms with E-state index in [1.165, 1.54) is 0 Å². The predicted octanol–water partition coefficient (Wildman–Crippen LogP) is 1.86. The van der Waals surface area contributed by atoms with Crippen LogP contribution in [0.1, 0.15) is 43.3 Å². The summed E-state index contributed by atoms with van der Waals surface area (Å²) in [6.45, 7) is 5.34. The lowest BCUT2D eigenvalue weighted by Gasteiger charge is -2.32. The number of nitrogens with one attached hydrogen (secondary N) is 1. The zero-order chi connectivity index (χ0) is 16.5. The molecule has 0 bridgehead atoms. The average molecular weight is 346 g/mol. The van der Waals surface area contributed by atoms with Crippen LogP contribution in [0.4, 0.5) is 0 Å². The van der Waals surface area contributed by atoms with E-state index in [-0.39, 0.29) is 11.8 Å². The Labute approximate surface area is 145 Å². The number of piperidine rings is 1. The van der Waals surface area contributed by atoms with Gasteiger partial charge in [0.25, 0.3) is 0 Å². The van der Waals surface area contributed by atoms with E-state index < -0.39 is 0 Å². The van der Waals surface area contributed by atoms with Crippen molar-refractivity contribution in [2.45, 2.75) is 38.5 Å². The lowest BCUT2D eigenvalue weighted by molar-refractivity contribution is -0.131. The SMILES string of the molecule is Cc1nc([C@H]2CCCN(C(=O)CC3=CSC4=NCCCN34)C2)n[nH]1. The Morgan fingerprint density at radius 3 is 3.17 bits per heavy atom. The van der Waals surface area contributed by atoms with E-state index in [0.717, 1.165) is 68.0 Å². The number of nitrogens with zero attached hydrogens (tertiary/aromatic N) is 5. The summed E-state index contributed by atoms with van der Waals surface area (Å²) in [5.74, 6) is 2.11. The van der Waals surface area contributed by atoms with Crippen LogP contribution in [0.3, 0.4) is 0 Å². The molecule has 0 unspecified atom stereocenters. The van der Waals surface area contributed by atoms with Crippen LogP contribution in [0.2, 0.25) is 0 Å². The van der Waals surface area contributed by atoms with Crippen molar-refractivity contribution in [2.24, 2.45) is 4.99 Å². The van der Waals surface area contributed by atoms with E-state index in [9.17, 15) is 4.79 Å². The zero-order valence-corrected chi connectivity index (χ0v) is 14.7. The van der Waals surface area contributed by atoms with Gasteiger partial charge >= 0.3 is 0 Å². The number of thioether (sulfide) groups is 1. The first kappa shape index (κ1) is 15.7. The average Bonchev–Trinajstić information content (AvgIpc) is 3.22. The molecule has 0 saturated carbocycles. The molecule has 0 radical (unpaired) electrons. The van der Waals surface area contributed by atoms with E-state index in [1.807, 2.05) is 11.8 Å². The van der Waals surface area contributed by atoms with E-state index in [2.05, 4.69) is 30.5 Å². The summed E-state index contributed by atoms with van der Waals surface area (Å²) in [5.41, 5.74) is 1.10. The lowest BCUT2D eigenvalue weighted by atomic mass is 9.97. The van der Waals surface area contributed by atoms with Crippen molar-refractivity contribution >= 4 is 22.8 Å². The smallest absolute Gasteiger partial charge is 0.228 e. The van der Waals surface area contributed by atoms with Crippen LogP contribution in [0.15, 0.2) is 16.1 Å². The number of aliphatic imine (C=N–C) groups is 1. The minimum Gasteiger partial charge on any atom is -0.342 e. The number of amides is 1. The van der Waals surface area contributed by atoms with Gasteiger partial charge in [-0.2, -0.15) is 5.10 Å². The third-order valence-electron chi connectivity index (χ3n) is 4.75. The Hall–Kier alpha value is -1.83. The van der Waals surface area contributed by atoms with Gasteiger partial charge in [0.05, 0.1) is 6.42 Å². The van der Waals surface area contributed by atoms with Gasteiger partial charge in [0.1, 0.15) is 5.82 Å². The highest BCUT2D eigenvalue weighted by atomic mass is 32.2. The number of hydrogen-bond donors (Lipinski definition) is 1. The molecule has 0 spiro atoms. The Bertz CT molecular complexity index is 696. The third kappa shape index (κ3) is 3.07. The Kier molecular flexibility index (Phi) is 4.30. The molecule has 8 heteroatoms. The first-order chi connectivity index (χ1) is 11.7. The van der Waals surface area contributed by atoms with Gasteiger partial charge in [0.2, 0.25) is 5.91 Å².